The molecule has 0 radical (unpaired) electrons. The molecule has 10 nitrogen and oxygen atoms in total. The molecule has 2 aromatic rings. The number of pyridine rings is 1. The van der Waals surface area contributed by atoms with Gasteiger partial charge < -0.3 is 29.2 Å². The van der Waals surface area contributed by atoms with Crippen LogP contribution in [-0.4, -0.2) is 72.9 Å². The number of hydrogen-bond acceptors (Lipinski definition) is 8. The van der Waals surface area contributed by atoms with Crippen molar-refractivity contribution in [3.8, 4) is 11.5 Å². The second-order valence-electron chi connectivity index (χ2n) is 12.8. The van der Waals surface area contributed by atoms with Crippen molar-refractivity contribution in [1.82, 2.24) is 15.2 Å². The molecule has 0 spiro atoms. The van der Waals surface area contributed by atoms with Gasteiger partial charge in [-0.2, -0.15) is 0 Å². The summed E-state index contributed by atoms with van der Waals surface area (Å²) < 4.78 is 22.9. The van der Waals surface area contributed by atoms with Crippen molar-refractivity contribution in [3.63, 3.8) is 0 Å². The number of nitrogens with one attached hydrogen (secondary N) is 1. The second-order valence-corrected chi connectivity index (χ2v) is 12.8. The van der Waals surface area contributed by atoms with Crippen LogP contribution in [0.2, 0.25) is 0 Å². The number of esters is 1. The van der Waals surface area contributed by atoms with Gasteiger partial charge in [-0.25, -0.2) is 14.6 Å². The number of methoxy groups -OCH3 is 2. The van der Waals surface area contributed by atoms with E-state index in [1.807, 2.05) is 51.1 Å². The number of hydrogen-bond donors (Lipinski definition) is 1. The number of aromatic nitrogens is 1. The maximum atomic E-state index is 14.1. The lowest BCUT2D eigenvalue weighted by Crippen LogP contribution is -2.57. The first-order valence-corrected chi connectivity index (χ1v) is 15.2. The van der Waals surface area contributed by atoms with Crippen LogP contribution in [0.25, 0.3) is 17.0 Å². The van der Waals surface area contributed by atoms with Gasteiger partial charge in [-0.3, -0.25) is 4.79 Å². The van der Waals surface area contributed by atoms with E-state index in [4.69, 9.17) is 23.9 Å². The van der Waals surface area contributed by atoms with E-state index in [2.05, 4.69) is 11.4 Å². The number of nitrogens with zero attached hydrogens (tertiary/aromatic N) is 2. The van der Waals surface area contributed by atoms with Crippen molar-refractivity contribution in [2.75, 3.05) is 20.8 Å². The predicted octanol–water partition coefficient (Wildman–Crippen LogP) is 5.27. The topological polar surface area (TPSA) is 116 Å². The van der Waals surface area contributed by atoms with Gasteiger partial charge in [0.15, 0.2) is 0 Å². The molecular weight excluding hydrogens is 550 g/mol. The molecular formula is C33H43N3O7. The van der Waals surface area contributed by atoms with Crippen LogP contribution in [0.3, 0.4) is 0 Å². The van der Waals surface area contributed by atoms with E-state index in [0.717, 1.165) is 49.4 Å². The molecule has 2 aliphatic heterocycles. The van der Waals surface area contributed by atoms with Crippen LogP contribution in [-0.2, 0) is 19.1 Å². The molecule has 1 saturated heterocycles. The van der Waals surface area contributed by atoms with Gasteiger partial charge in [0, 0.05) is 11.8 Å². The number of benzene rings is 1. The van der Waals surface area contributed by atoms with Crippen LogP contribution in [0.15, 0.2) is 30.3 Å². The summed E-state index contributed by atoms with van der Waals surface area (Å²) in [4.78, 5) is 46.5. The lowest BCUT2D eigenvalue weighted by atomic mass is 9.85. The minimum atomic E-state index is -0.919. The molecule has 43 heavy (non-hydrogen) atoms. The van der Waals surface area contributed by atoms with Crippen molar-refractivity contribution in [3.05, 3.63) is 36.0 Å². The summed E-state index contributed by atoms with van der Waals surface area (Å²) in [5.74, 6) is 0.633. The number of alkyl carbamates (subject to hydrolysis) is 1. The Hall–Kier alpha value is -3.82. The zero-order chi connectivity index (χ0) is 30.7. The van der Waals surface area contributed by atoms with Gasteiger partial charge in [0.2, 0.25) is 5.91 Å². The first kappa shape index (κ1) is 30.6. The highest BCUT2D eigenvalue weighted by Crippen LogP contribution is 2.35. The predicted molar refractivity (Wildman–Crippen MR) is 162 cm³/mol. The molecule has 3 aliphatic rings. The third kappa shape index (κ3) is 6.89. The summed E-state index contributed by atoms with van der Waals surface area (Å²) in [7, 11) is 2.92. The van der Waals surface area contributed by atoms with Crippen LogP contribution >= 0.6 is 0 Å². The van der Waals surface area contributed by atoms with E-state index in [1.54, 1.807) is 7.11 Å². The Morgan fingerprint density at radius 2 is 1.86 bits per heavy atom. The number of ether oxygens (including phenoxy) is 4. The van der Waals surface area contributed by atoms with Crippen LogP contribution in [0.5, 0.6) is 11.5 Å². The maximum absolute atomic E-state index is 14.1. The summed E-state index contributed by atoms with van der Waals surface area (Å²) in [5, 5.41) is 3.71. The lowest BCUT2D eigenvalue weighted by molar-refractivity contribution is -0.152. The third-order valence-electron chi connectivity index (χ3n) is 8.77. The Balaban J connectivity index is 1.53. The van der Waals surface area contributed by atoms with E-state index in [1.165, 1.54) is 12.0 Å². The minimum Gasteiger partial charge on any atom is -0.497 e. The van der Waals surface area contributed by atoms with Crippen molar-refractivity contribution < 1.29 is 33.3 Å². The summed E-state index contributed by atoms with van der Waals surface area (Å²) in [6, 6.07) is 5.84. The van der Waals surface area contributed by atoms with Crippen LogP contribution in [0, 0.1) is 11.3 Å². The van der Waals surface area contributed by atoms with E-state index in [0.29, 0.717) is 17.2 Å². The smallest absolute Gasteiger partial charge is 0.408 e. The van der Waals surface area contributed by atoms with E-state index in [9.17, 15) is 14.4 Å². The molecule has 1 aromatic heterocycles. The quantitative estimate of drug-likeness (QED) is 0.468. The maximum Gasteiger partial charge on any atom is 0.408 e. The highest BCUT2D eigenvalue weighted by molar-refractivity contribution is 5.91. The highest BCUT2D eigenvalue weighted by atomic mass is 16.6. The SMILES string of the molecule is COC(=O)[C@@H]1C[C@@H]2CN1C(=O)[C@H](C(C)(C)C)NC(=O)O[C@@H]1CCC[C@H]1CCCC=Cc1nc3ccc(OC)cc3cc1O2. The fourth-order valence-corrected chi connectivity index (χ4v) is 6.44. The molecule has 5 atom stereocenters. The van der Waals surface area contributed by atoms with E-state index < -0.39 is 35.7 Å². The number of carbonyl (C=O) groups is 3. The van der Waals surface area contributed by atoms with Crippen LogP contribution in [0.1, 0.15) is 71.4 Å². The van der Waals surface area contributed by atoms with Gasteiger partial charge in [-0.1, -0.05) is 26.8 Å². The van der Waals surface area contributed by atoms with Crippen molar-refractivity contribution >= 4 is 34.9 Å². The number of rotatable bonds is 2. The average molecular weight is 594 g/mol. The normalized spacial score (nSPS) is 26.8. The molecule has 2 amide bonds. The molecule has 5 rings (SSSR count). The van der Waals surface area contributed by atoms with Gasteiger partial charge in [0.1, 0.15) is 41.5 Å². The first-order valence-electron chi connectivity index (χ1n) is 15.2. The molecule has 3 heterocycles. The van der Waals surface area contributed by atoms with E-state index in [-0.39, 0.29) is 30.9 Å². The van der Waals surface area contributed by atoms with Gasteiger partial charge in [-0.15, -0.1) is 0 Å². The van der Waals surface area contributed by atoms with Crippen molar-refractivity contribution in [2.45, 2.75) is 90.0 Å². The molecule has 2 bridgehead atoms. The van der Waals surface area contributed by atoms with Gasteiger partial charge in [-0.05, 0) is 80.2 Å². The largest absolute Gasteiger partial charge is 0.497 e. The number of amides is 2. The Morgan fingerprint density at radius 1 is 1.07 bits per heavy atom. The standard InChI is InChI=1S/C33H43N3O7/c1-33(2,3)29-30(37)36-19-23(18-26(36)31(38)41-5)42-28-17-21-16-22(40-4)14-15-24(21)34-25(28)12-8-6-7-10-20-11-9-13-27(20)43-32(39)35-29/h8,12,14-17,20,23,26-27,29H,6-7,9-11,13,18-19H2,1-5H3,(H,35,39)/t20-,23-,26+,27-,29-/m1/s1. The fraction of sp³-hybridized carbons (Fsp3) is 0.576. The zero-order valence-electron chi connectivity index (χ0n) is 25.8. The lowest BCUT2D eigenvalue weighted by Gasteiger charge is -2.35. The van der Waals surface area contributed by atoms with Crippen LogP contribution in [0.4, 0.5) is 4.79 Å². The molecule has 1 aliphatic carbocycles. The number of carbonyl (C=O) groups excluding carboxylic acids is 3. The number of fused-ring (bicyclic) bond motifs is 5. The Kier molecular flexibility index (Phi) is 9.13. The van der Waals surface area contributed by atoms with Gasteiger partial charge >= 0.3 is 12.1 Å². The summed E-state index contributed by atoms with van der Waals surface area (Å²) >= 11 is 0. The van der Waals surface area contributed by atoms with Gasteiger partial charge in [0.05, 0.1) is 26.3 Å². The molecule has 232 valence electrons. The summed E-state index contributed by atoms with van der Waals surface area (Å²) in [6.07, 6.45) is 8.58. The summed E-state index contributed by atoms with van der Waals surface area (Å²) in [5.41, 5.74) is 0.839. The molecule has 10 heteroatoms. The Morgan fingerprint density at radius 3 is 2.60 bits per heavy atom. The number of allylic oxidation sites excluding steroid dienone is 1. The molecule has 1 saturated carbocycles. The molecule has 1 N–H and O–H groups in total. The summed E-state index contributed by atoms with van der Waals surface area (Å²) in [6.45, 7) is 5.78. The first-order chi connectivity index (χ1) is 20.6. The third-order valence-corrected chi connectivity index (χ3v) is 8.77. The van der Waals surface area contributed by atoms with Crippen molar-refractivity contribution in [1.29, 1.82) is 0 Å². The highest BCUT2D eigenvalue weighted by Gasteiger charge is 2.46. The fourth-order valence-electron chi connectivity index (χ4n) is 6.44. The second kappa shape index (κ2) is 12.8. The molecule has 1 aromatic carbocycles. The van der Waals surface area contributed by atoms with Crippen LogP contribution < -0.4 is 14.8 Å². The average Bonchev–Trinajstić information content (AvgIpc) is 3.60. The zero-order valence-corrected chi connectivity index (χ0v) is 25.8. The minimum absolute atomic E-state index is 0.145. The Bertz CT molecular complexity index is 1380. The van der Waals surface area contributed by atoms with E-state index >= 15 is 0 Å². The Labute approximate surface area is 253 Å². The van der Waals surface area contributed by atoms with Gasteiger partial charge in [0.25, 0.3) is 0 Å². The molecule has 0 unspecified atom stereocenters. The monoisotopic (exact) mass is 593 g/mol. The van der Waals surface area contributed by atoms with Crippen molar-refractivity contribution in [2.24, 2.45) is 11.3 Å². The molecule has 2 fully saturated rings.